The number of H-pyrrole nitrogens is 1. The molecule has 4 nitrogen and oxygen atoms in total. The molecule has 5 heteroatoms. The van der Waals surface area contributed by atoms with E-state index in [1.807, 2.05) is 54.7 Å². The van der Waals surface area contributed by atoms with E-state index in [-0.39, 0.29) is 11.5 Å². The molecule has 2 aromatic carbocycles. The molecule has 124 valence electrons. The van der Waals surface area contributed by atoms with Crippen LogP contribution in [0.25, 0.3) is 17.0 Å². The summed E-state index contributed by atoms with van der Waals surface area (Å²) in [7, 11) is 0. The number of benzene rings is 2. The number of fused-ring (bicyclic) bond motifs is 1. The molecule has 0 aliphatic carbocycles. The van der Waals surface area contributed by atoms with E-state index < -0.39 is 0 Å². The van der Waals surface area contributed by atoms with Crippen LogP contribution in [0.15, 0.2) is 60.3 Å². The lowest BCUT2D eigenvalue weighted by Gasteiger charge is -2.04. The maximum atomic E-state index is 12.2. The highest BCUT2D eigenvalue weighted by atomic mass is 127. The van der Waals surface area contributed by atoms with Gasteiger partial charge in [-0.2, -0.15) is 5.26 Å². The quantitative estimate of drug-likeness (QED) is 0.357. The van der Waals surface area contributed by atoms with Crippen molar-refractivity contribution in [2.24, 2.45) is 0 Å². The number of halogens is 1. The summed E-state index contributed by atoms with van der Waals surface area (Å²) in [6.07, 6.45) is 4.28. The Morgan fingerprint density at radius 3 is 2.72 bits per heavy atom. The zero-order valence-corrected chi connectivity index (χ0v) is 15.6. The van der Waals surface area contributed by atoms with Gasteiger partial charge in [0.05, 0.1) is 0 Å². The van der Waals surface area contributed by atoms with Crippen LogP contribution in [0.3, 0.4) is 0 Å². The predicted molar refractivity (Wildman–Crippen MR) is 108 cm³/mol. The van der Waals surface area contributed by atoms with Crippen molar-refractivity contribution in [2.75, 3.05) is 6.54 Å². The molecule has 0 fully saturated rings. The van der Waals surface area contributed by atoms with Crippen molar-refractivity contribution in [3.63, 3.8) is 0 Å². The summed E-state index contributed by atoms with van der Waals surface area (Å²) in [6, 6.07) is 17.7. The minimum atomic E-state index is -0.346. The Morgan fingerprint density at radius 2 is 1.96 bits per heavy atom. The van der Waals surface area contributed by atoms with Gasteiger partial charge in [0, 0.05) is 27.2 Å². The third-order valence-corrected chi connectivity index (χ3v) is 4.62. The average Bonchev–Trinajstić information content (AvgIpc) is 3.04. The number of carbonyl (C=O) groups is 1. The Labute approximate surface area is 159 Å². The number of aromatic amines is 1. The normalized spacial score (nSPS) is 11.3. The van der Waals surface area contributed by atoms with E-state index in [0.717, 1.165) is 25.6 Å². The summed E-state index contributed by atoms with van der Waals surface area (Å²) in [5.74, 6) is -0.346. The molecule has 1 heterocycles. The molecule has 2 N–H and O–H groups in total. The Kier molecular flexibility index (Phi) is 5.51. The molecule has 1 amide bonds. The van der Waals surface area contributed by atoms with E-state index in [4.69, 9.17) is 0 Å². The summed E-state index contributed by atoms with van der Waals surface area (Å²) in [6.45, 7) is 0.479. The van der Waals surface area contributed by atoms with Gasteiger partial charge in [-0.25, -0.2) is 0 Å². The van der Waals surface area contributed by atoms with E-state index in [0.29, 0.717) is 13.0 Å². The van der Waals surface area contributed by atoms with Crippen LogP contribution in [-0.2, 0) is 11.2 Å². The summed E-state index contributed by atoms with van der Waals surface area (Å²) in [5.41, 5.74) is 3.18. The Hall–Kier alpha value is -2.59. The molecule has 3 rings (SSSR count). The van der Waals surface area contributed by atoms with Gasteiger partial charge in [-0.3, -0.25) is 4.79 Å². The number of hydrogen-bond acceptors (Lipinski definition) is 2. The molecular formula is C20H16IN3O. The van der Waals surface area contributed by atoms with Gasteiger partial charge in [0.1, 0.15) is 11.6 Å². The zero-order valence-electron chi connectivity index (χ0n) is 13.4. The van der Waals surface area contributed by atoms with Crippen molar-refractivity contribution in [3.05, 3.63) is 75.0 Å². The summed E-state index contributed by atoms with van der Waals surface area (Å²) in [4.78, 5) is 15.4. The van der Waals surface area contributed by atoms with Crippen LogP contribution in [0.1, 0.15) is 11.1 Å². The molecule has 0 aliphatic rings. The van der Waals surface area contributed by atoms with E-state index in [1.54, 1.807) is 6.08 Å². The van der Waals surface area contributed by atoms with E-state index in [9.17, 15) is 10.1 Å². The molecule has 1 aromatic heterocycles. The SMILES string of the molecule is N#C/C(=C/c1ccc(I)cc1)C(=O)NCCc1c[nH]c2ccccc12. The molecule has 3 aromatic rings. The lowest BCUT2D eigenvalue weighted by atomic mass is 10.1. The first-order valence-corrected chi connectivity index (χ1v) is 8.96. The van der Waals surface area contributed by atoms with Gasteiger partial charge in [0.15, 0.2) is 0 Å². The van der Waals surface area contributed by atoms with Gasteiger partial charge in [-0.15, -0.1) is 0 Å². The number of amides is 1. The van der Waals surface area contributed by atoms with Crippen molar-refractivity contribution in [1.29, 1.82) is 5.26 Å². The van der Waals surface area contributed by atoms with Crippen LogP contribution in [0.4, 0.5) is 0 Å². The molecule has 0 spiro atoms. The van der Waals surface area contributed by atoms with Crippen molar-refractivity contribution in [1.82, 2.24) is 10.3 Å². The Balaban J connectivity index is 1.63. The number of aromatic nitrogens is 1. The molecule has 0 bridgehead atoms. The summed E-state index contributed by atoms with van der Waals surface area (Å²) >= 11 is 2.21. The van der Waals surface area contributed by atoms with Crippen LogP contribution < -0.4 is 5.32 Å². The largest absolute Gasteiger partial charge is 0.361 e. The van der Waals surface area contributed by atoms with Crippen molar-refractivity contribution < 1.29 is 4.79 Å². The molecule has 0 radical (unpaired) electrons. The second kappa shape index (κ2) is 7.99. The average molecular weight is 441 g/mol. The molecule has 0 aliphatic heterocycles. The molecular weight excluding hydrogens is 425 g/mol. The van der Waals surface area contributed by atoms with Gasteiger partial charge in [0.25, 0.3) is 5.91 Å². The third-order valence-electron chi connectivity index (χ3n) is 3.90. The molecule has 25 heavy (non-hydrogen) atoms. The second-order valence-corrected chi connectivity index (χ2v) is 6.83. The fraction of sp³-hybridized carbons (Fsp3) is 0.100. The highest BCUT2D eigenvalue weighted by molar-refractivity contribution is 14.1. The third kappa shape index (κ3) is 4.28. The van der Waals surface area contributed by atoms with Gasteiger partial charge < -0.3 is 10.3 Å². The van der Waals surface area contributed by atoms with Gasteiger partial charge in [-0.05, 0) is 64.4 Å². The van der Waals surface area contributed by atoms with Crippen molar-refractivity contribution in [3.8, 4) is 6.07 Å². The van der Waals surface area contributed by atoms with Gasteiger partial charge in [0.2, 0.25) is 0 Å². The number of nitrogens with zero attached hydrogens (tertiary/aromatic N) is 1. The number of nitriles is 1. The van der Waals surface area contributed by atoms with E-state index >= 15 is 0 Å². The van der Waals surface area contributed by atoms with Gasteiger partial charge in [-0.1, -0.05) is 30.3 Å². The number of para-hydroxylation sites is 1. The van der Waals surface area contributed by atoms with Crippen molar-refractivity contribution >= 4 is 45.5 Å². The van der Waals surface area contributed by atoms with Crippen LogP contribution in [0, 0.1) is 14.9 Å². The Morgan fingerprint density at radius 1 is 1.20 bits per heavy atom. The predicted octanol–water partition coefficient (Wildman–Crippen LogP) is 4.04. The van der Waals surface area contributed by atoms with Crippen LogP contribution in [0.5, 0.6) is 0 Å². The maximum absolute atomic E-state index is 12.2. The van der Waals surface area contributed by atoms with Crippen molar-refractivity contribution in [2.45, 2.75) is 6.42 Å². The van der Waals surface area contributed by atoms with Crippen LogP contribution in [-0.4, -0.2) is 17.4 Å². The standard InChI is InChI=1S/C20H16IN3O/c21-17-7-5-14(6-8-17)11-16(12-22)20(25)23-10-9-15-13-24-19-4-2-1-3-18(15)19/h1-8,11,13,24H,9-10H2,(H,23,25)/b16-11-. The first-order chi connectivity index (χ1) is 12.2. The van der Waals surface area contributed by atoms with Crippen LogP contribution in [0.2, 0.25) is 0 Å². The maximum Gasteiger partial charge on any atom is 0.261 e. The lowest BCUT2D eigenvalue weighted by Crippen LogP contribution is -2.26. The second-order valence-electron chi connectivity index (χ2n) is 5.59. The smallest absolute Gasteiger partial charge is 0.261 e. The monoisotopic (exact) mass is 441 g/mol. The minimum absolute atomic E-state index is 0.111. The van der Waals surface area contributed by atoms with Crippen LogP contribution >= 0.6 is 22.6 Å². The number of nitrogens with one attached hydrogen (secondary N) is 2. The first kappa shape index (κ1) is 17.2. The lowest BCUT2D eigenvalue weighted by molar-refractivity contribution is -0.117. The Bertz CT molecular complexity index is 965. The molecule has 0 saturated carbocycles. The summed E-state index contributed by atoms with van der Waals surface area (Å²) in [5, 5.41) is 13.2. The highest BCUT2D eigenvalue weighted by Gasteiger charge is 2.09. The topological polar surface area (TPSA) is 68.7 Å². The summed E-state index contributed by atoms with van der Waals surface area (Å²) < 4.78 is 1.11. The van der Waals surface area contributed by atoms with Gasteiger partial charge >= 0.3 is 0 Å². The molecule has 0 unspecified atom stereocenters. The highest BCUT2D eigenvalue weighted by Crippen LogP contribution is 2.17. The minimum Gasteiger partial charge on any atom is -0.361 e. The molecule has 0 saturated heterocycles. The zero-order chi connectivity index (χ0) is 17.6. The number of hydrogen-bond donors (Lipinski definition) is 2. The van der Waals surface area contributed by atoms with E-state index in [1.165, 1.54) is 0 Å². The number of rotatable bonds is 5. The first-order valence-electron chi connectivity index (χ1n) is 7.88. The van der Waals surface area contributed by atoms with E-state index in [2.05, 4.69) is 39.0 Å². The molecule has 0 atom stereocenters. The fourth-order valence-corrected chi connectivity index (χ4v) is 2.98. The fourth-order valence-electron chi connectivity index (χ4n) is 2.62. The number of carbonyl (C=O) groups excluding carboxylic acids is 1.